The van der Waals surface area contributed by atoms with Gasteiger partial charge in [-0.3, -0.25) is 0 Å². The number of nitrogens with one attached hydrogen (secondary N) is 1. The molecule has 1 aliphatic rings. The van der Waals surface area contributed by atoms with Crippen molar-refractivity contribution in [3.63, 3.8) is 0 Å². The summed E-state index contributed by atoms with van der Waals surface area (Å²) in [7, 11) is 0. The second kappa shape index (κ2) is 8.44. The van der Waals surface area contributed by atoms with Crippen LogP contribution in [0.5, 0.6) is 0 Å². The highest BCUT2D eigenvalue weighted by Crippen LogP contribution is 2.40. The Morgan fingerprint density at radius 1 is 1.14 bits per heavy atom. The molecule has 1 atom stereocenters. The van der Waals surface area contributed by atoms with Gasteiger partial charge in [0.05, 0.1) is 11.6 Å². The van der Waals surface area contributed by atoms with Crippen molar-refractivity contribution in [2.45, 2.75) is 70.4 Å². The van der Waals surface area contributed by atoms with Crippen molar-refractivity contribution in [2.24, 2.45) is 0 Å². The number of nitrogens with zero attached hydrogens (tertiary/aromatic N) is 2. The van der Waals surface area contributed by atoms with Crippen molar-refractivity contribution in [3.05, 3.63) is 24.3 Å². The van der Waals surface area contributed by atoms with E-state index in [1.165, 1.54) is 25.7 Å². The van der Waals surface area contributed by atoms with Crippen molar-refractivity contribution >= 4 is 0 Å². The zero-order valence-electron chi connectivity index (χ0n) is 13.5. The van der Waals surface area contributed by atoms with Crippen LogP contribution in [0.2, 0.25) is 0 Å². The summed E-state index contributed by atoms with van der Waals surface area (Å²) in [6.45, 7) is 6.06. The molecule has 2 rings (SSSR count). The highest BCUT2D eigenvalue weighted by molar-refractivity contribution is 5.16. The third kappa shape index (κ3) is 4.24. The third-order valence-electron chi connectivity index (χ3n) is 4.42. The van der Waals surface area contributed by atoms with Gasteiger partial charge in [-0.25, -0.2) is 9.97 Å². The van der Waals surface area contributed by atoms with Gasteiger partial charge in [-0.1, -0.05) is 32.6 Å². The van der Waals surface area contributed by atoms with E-state index in [0.717, 1.165) is 38.0 Å². The van der Waals surface area contributed by atoms with Crippen LogP contribution in [-0.4, -0.2) is 28.7 Å². The second-order valence-corrected chi connectivity index (χ2v) is 5.97. The van der Waals surface area contributed by atoms with E-state index in [9.17, 15) is 0 Å². The Labute approximate surface area is 128 Å². The number of ether oxygens (including phenoxy) is 1. The minimum atomic E-state index is -0.106. The summed E-state index contributed by atoms with van der Waals surface area (Å²) in [5.74, 6) is 0. The smallest absolute Gasteiger partial charge is 0.115 e. The van der Waals surface area contributed by atoms with Crippen LogP contribution in [0, 0.1) is 0 Å². The van der Waals surface area contributed by atoms with Crippen LogP contribution in [0.25, 0.3) is 0 Å². The summed E-state index contributed by atoms with van der Waals surface area (Å²) in [5, 5.41) is 3.70. The third-order valence-corrected chi connectivity index (χ3v) is 4.42. The summed E-state index contributed by atoms with van der Waals surface area (Å²) < 4.78 is 6.35. The lowest BCUT2D eigenvalue weighted by Crippen LogP contribution is -2.46. The number of hydrogen-bond acceptors (Lipinski definition) is 4. The predicted molar refractivity (Wildman–Crippen MR) is 85.1 cm³/mol. The van der Waals surface area contributed by atoms with Crippen LogP contribution in [0.4, 0.5) is 0 Å². The average molecular weight is 291 g/mol. The predicted octanol–water partition coefficient (Wildman–Crippen LogP) is 3.65. The first-order valence-corrected chi connectivity index (χ1v) is 8.44. The average Bonchev–Trinajstić information content (AvgIpc) is 2.76. The maximum absolute atomic E-state index is 6.35. The molecule has 0 aliphatic heterocycles. The van der Waals surface area contributed by atoms with Crippen LogP contribution in [0.15, 0.2) is 18.7 Å². The standard InChI is InChI=1S/C17H29N3O/c1-3-11-20-16(15-12-18-14-19-13-15)17(21-4-2)9-7-5-6-8-10-17/h12-14,16,20H,3-11H2,1-2H3. The molecule has 0 bridgehead atoms. The SMILES string of the molecule is CCCNC(c1cncnc1)C1(OCC)CCCCCC1. The van der Waals surface area contributed by atoms with Crippen molar-refractivity contribution in [3.8, 4) is 0 Å². The molecule has 1 aliphatic carbocycles. The van der Waals surface area contributed by atoms with Gasteiger partial charge in [0.25, 0.3) is 0 Å². The second-order valence-electron chi connectivity index (χ2n) is 5.97. The molecule has 4 nitrogen and oxygen atoms in total. The van der Waals surface area contributed by atoms with Crippen LogP contribution >= 0.6 is 0 Å². The van der Waals surface area contributed by atoms with Crippen molar-refractivity contribution in [1.82, 2.24) is 15.3 Å². The molecule has 0 amide bonds. The highest BCUT2D eigenvalue weighted by atomic mass is 16.5. The Balaban J connectivity index is 2.29. The fourth-order valence-corrected chi connectivity index (χ4v) is 3.49. The zero-order valence-corrected chi connectivity index (χ0v) is 13.5. The van der Waals surface area contributed by atoms with Gasteiger partial charge in [-0.15, -0.1) is 0 Å². The molecule has 1 saturated carbocycles. The van der Waals surface area contributed by atoms with Gasteiger partial charge < -0.3 is 10.1 Å². The number of rotatable bonds is 7. The molecule has 1 fully saturated rings. The number of hydrogen-bond donors (Lipinski definition) is 1. The van der Waals surface area contributed by atoms with Crippen molar-refractivity contribution < 1.29 is 4.74 Å². The van der Waals surface area contributed by atoms with E-state index in [1.807, 2.05) is 12.4 Å². The maximum Gasteiger partial charge on any atom is 0.115 e. The molecule has 0 spiro atoms. The molecule has 21 heavy (non-hydrogen) atoms. The molecule has 0 radical (unpaired) electrons. The van der Waals surface area contributed by atoms with Crippen molar-refractivity contribution in [2.75, 3.05) is 13.2 Å². The van der Waals surface area contributed by atoms with E-state index >= 15 is 0 Å². The minimum absolute atomic E-state index is 0.106. The lowest BCUT2D eigenvalue weighted by Gasteiger charge is -2.40. The molecule has 4 heteroatoms. The molecule has 1 aromatic rings. The summed E-state index contributed by atoms with van der Waals surface area (Å²) in [5.41, 5.74) is 1.05. The maximum atomic E-state index is 6.35. The summed E-state index contributed by atoms with van der Waals surface area (Å²) in [6.07, 6.45) is 14.0. The van der Waals surface area contributed by atoms with Crippen LogP contribution in [0.1, 0.15) is 70.4 Å². The van der Waals surface area contributed by atoms with Gasteiger partial charge >= 0.3 is 0 Å². The van der Waals surface area contributed by atoms with Crippen molar-refractivity contribution in [1.29, 1.82) is 0 Å². The normalized spacial score (nSPS) is 19.9. The van der Waals surface area contributed by atoms with Gasteiger partial charge in [-0.2, -0.15) is 0 Å². The first kappa shape index (κ1) is 16.4. The van der Waals surface area contributed by atoms with Gasteiger partial charge in [-0.05, 0) is 32.7 Å². The molecule has 1 heterocycles. The Bertz CT molecular complexity index is 388. The molecular weight excluding hydrogens is 262 g/mol. The fourth-order valence-electron chi connectivity index (χ4n) is 3.49. The monoisotopic (exact) mass is 291 g/mol. The van der Waals surface area contributed by atoms with Gasteiger partial charge in [0.15, 0.2) is 0 Å². The Morgan fingerprint density at radius 2 is 1.81 bits per heavy atom. The Morgan fingerprint density at radius 3 is 2.38 bits per heavy atom. The fraction of sp³-hybridized carbons (Fsp3) is 0.765. The Hall–Kier alpha value is -1.00. The van der Waals surface area contributed by atoms with E-state index in [-0.39, 0.29) is 11.6 Å². The first-order valence-electron chi connectivity index (χ1n) is 8.44. The molecular formula is C17H29N3O. The summed E-state index contributed by atoms with van der Waals surface area (Å²) in [4.78, 5) is 8.43. The molecule has 1 unspecified atom stereocenters. The van der Waals surface area contributed by atoms with Crippen LogP contribution in [-0.2, 0) is 4.74 Å². The zero-order chi connectivity index (χ0) is 15.0. The topological polar surface area (TPSA) is 47.0 Å². The molecule has 118 valence electrons. The molecule has 1 aromatic heterocycles. The van der Waals surface area contributed by atoms with E-state index < -0.39 is 0 Å². The summed E-state index contributed by atoms with van der Waals surface area (Å²) >= 11 is 0. The van der Waals surface area contributed by atoms with E-state index in [0.29, 0.717) is 0 Å². The molecule has 0 saturated heterocycles. The first-order chi connectivity index (χ1) is 10.3. The largest absolute Gasteiger partial charge is 0.373 e. The quantitative estimate of drug-likeness (QED) is 0.779. The van der Waals surface area contributed by atoms with Gasteiger partial charge in [0.2, 0.25) is 0 Å². The van der Waals surface area contributed by atoms with Gasteiger partial charge in [0.1, 0.15) is 6.33 Å². The highest BCUT2D eigenvalue weighted by Gasteiger charge is 2.40. The molecule has 1 N–H and O–H groups in total. The van der Waals surface area contributed by atoms with Crippen LogP contribution < -0.4 is 5.32 Å². The van der Waals surface area contributed by atoms with Crippen LogP contribution in [0.3, 0.4) is 0 Å². The van der Waals surface area contributed by atoms with Gasteiger partial charge in [0, 0.05) is 24.6 Å². The number of aromatic nitrogens is 2. The van der Waals surface area contributed by atoms with E-state index in [4.69, 9.17) is 4.74 Å². The molecule has 0 aromatic carbocycles. The Kier molecular flexibility index (Phi) is 6.58. The lowest BCUT2D eigenvalue weighted by atomic mass is 9.82. The van der Waals surface area contributed by atoms with E-state index in [1.54, 1.807) is 6.33 Å². The summed E-state index contributed by atoms with van der Waals surface area (Å²) in [6, 6.07) is 0.191. The minimum Gasteiger partial charge on any atom is -0.373 e. The lowest BCUT2D eigenvalue weighted by molar-refractivity contribution is -0.0783. The van der Waals surface area contributed by atoms with E-state index in [2.05, 4.69) is 29.1 Å².